The van der Waals surface area contributed by atoms with Crippen LogP contribution in [-0.2, 0) is 9.59 Å². The third-order valence-corrected chi connectivity index (χ3v) is 4.69. The van der Waals surface area contributed by atoms with Gasteiger partial charge in [0.25, 0.3) is 0 Å². The Labute approximate surface area is 167 Å². The minimum absolute atomic E-state index is 0.0112. The molecule has 2 aromatic rings. The lowest BCUT2D eigenvalue weighted by Gasteiger charge is -2.14. The average molecular weight is 415 g/mol. The van der Waals surface area contributed by atoms with Crippen LogP contribution < -0.4 is 16.0 Å². The Hall–Kier alpha value is -1.95. The molecule has 2 aromatic carbocycles. The maximum absolute atomic E-state index is 12.2. The van der Waals surface area contributed by atoms with Crippen LogP contribution in [0.25, 0.3) is 0 Å². The summed E-state index contributed by atoms with van der Waals surface area (Å²) in [7, 11) is 0. The van der Waals surface area contributed by atoms with Crippen LogP contribution in [0.1, 0.15) is 18.9 Å². The molecular weight excluding hydrogens is 397 g/mol. The molecule has 8 heteroatoms. The molecule has 0 spiro atoms. The zero-order valence-corrected chi connectivity index (χ0v) is 16.5. The van der Waals surface area contributed by atoms with Gasteiger partial charge in [-0.15, -0.1) is 0 Å². The van der Waals surface area contributed by atoms with E-state index in [0.717, 1.165) is 5.56 Å². The predicted octanol–water partition coefficient (Wildman–Crippen LogP) is 5.35. The second kappa shape index (κ2) is 9.12. The number of carbonyl (C=O) groups is 2. The molecule has 0 saturated carbocycles. The van der Waals surface area contributed by atoms with Gasteiger partial charge in [0, 0.05) is 17.8 Å². The molecule has 0 aliphatic rings. The van der Waals surface area contributed by atoms with Gasteiger partial charge in [-0.3, -0.25) is 9.59 Å². The van der Waals surface area contributed by atoms with Gasteiger partial charge in [0.1, 0.15) is 0 Å². The van der Waals surface area contributed by atoms with E-state index in [1.165, 1.54) is 6.07 Å². The zero-order chi connectivity index (χ0) is 19.3. The molecule has 0 aliphatic carbocycles. The predicted molar refractivity (Wildman–Crippen MR) is 109 cm³/mol. The van der Waals surface area contributed by atoms with E-state index in [1.54, 1.807) is 31.2 Å². The summed E-state index contributed by atoms with van der Waals surface area (Å²) in [5.41, 5.74) is 2.56. The minimum Gasteiger partial charge on any atom is -0.375 e. The number of rotatable bonds is 6. The number of halogens is 3. The van der Waals surface area contributed by atoms with Gasteiger partial charge in [0.15, 0.2) is 0 Å². The Morgan fingerprint density at radius 1 is 0.885 bits per heavy atom. The average Bonchev–Trinajstić information content (AvgIpc) is 2.60. The summed E-state index contributed by atoms with van der Waals surface area (Å²) in [6.45, 7) is 3.59. The molecule has 0 saturated heterocycles. The van der Waals surface area contributed by atoms with E-state index in [2.05, 4.69) is 16.0 Å². The van der Waals surface area contributed by atoms with Gasteiger partial charge >= 0.3 is 0 Å². The van der Waals surface area contributed by atoms with Gasteiger partial charge in [-0.05, 0) is 36.8 Å². The molecule has 2 rings (SSSR count). The van der Waals surface area contributed by atoms with Crippen molar-refractivity contribution in [3.05, 3.63) is 51.0 Å². The maximum atomic E-state index is 12.2. The molecule has 3 N–H and O–H groups in total. The highest BCUT2D eigenvalue weighted by Crippen LogP contribution is 2.32. The Morgan fingerprint density at radius 2 is 1.46 bits per heavy atom. The highest BCUT2D eigenvalue weighted by molar-refractivity contribution is 6.44. The van der Waals surface area contributed by atoms with E-state index in [-0.39, 0.29) is 18.4 Å². The summed E-state index contributed by atoms with van der Waals surface area (Å²) in [5.74, 6) is -0.360. The van der Waals surface area contributed by atoms with E-state index < -0.39 is 0 Å². The van der Waals surface area contributed by atoms with E-state index in [9.17, 15) is 9.59 Å². The number of nitrogens with one attached hydrogen (secondary N) is 3. The summed E-state index contributed by atoms with van der Waals surface area (Å²) < 4.78 is 0. The molecular formula is C18H18Cl3N3O2. The third-order valence-electron chi connectivity index (χ3n) is 3.65. The molecule has 138 valence electrons. The molecule has 0 aliphatic heterocycles. The van der Waals surface area contributed by atoms with E-state index in [1.807, 2.05) is 6.92 Å². The van der Waals surface area contributed by atoms with Crippen LogP contribution in [0.3, 0.4) is 0 Å². The minimum atomic E-state index is -0.269. The Morgan fingerprint density at radius 3 is 2.08 bits per heavy atom. The third kappa shape index (κ3) is 5.27. The highest BCUT2D eigenvalue weighted by atomic mass is 35.5. The molecule has 0 bridgehead atoms. The second-order valence-electron chi connectivity index (χ2n) is 5.53. The zero-order valence-electron chi connectivity index (χ0n) is 14.3. The summed E-state index contributed by atoms with van der Waals surface area (Å²) >= 11 is 17.9. The molecule has 0 heterocycles. The van der Waals surface area contributed by atoms with E-state index >= 15 is 0 Å². The first-order valence-corrected chi connectivity index (χ1v) is 9.03. The quantitative estimate of drug-likeness (QED) is 0.558. The van der Waals surface area contributed by atoms with Crippen molar-refractivity contribution in [1.29, 1.82) is 0 Å². The Bertz CT molecular complexity index is 841. The lowest BCUT2D eigenvalue weighted by atomic mass is 10.1. The van der Waals surface area contributed by atoms with Gasteiger partial charge in [-0.1, -0.05) is 47.8 Å². The molecule has 5 nitrogen and oxygen atoms in total. The number of carbonyl (C=O) groups excluding carboxylic acids is 2. The largest absolute Gasteiger partial charge is 0.375 e. The molecule has 0 atom stereocenters. The van der Waals surface area contributed by atoms with Gasteiger partial charge < -0.3 is 16.0 Å². The first-order chi connectivity index (χ1) is 12.3. The number of amides is 2. The van der Waals surface area contributed by atoms with Crippen LogP contribution in [0.4, 0.5) is 17.1 Å². The fraction of sp³-hybridized carbons (Fsp3) is 0.222. The molecule has 0 fully saturated rings. The fourth-order valence-corrected chi connectivity index (χ4v) is 2.79. The summed E-state index contributed by atoms with van der Waals surface area (Å²) in [5, 5.41) is 9.57. The van der Waals surface area contributed by atoms with Gasteiger partial charge in [0.05, 0.1) is 27.3 Å². The highest BCUT2D eigenvalue weighted by Gasteiger charge is 2.11. The molecule has 2 amide bonds. The summed E-state index contributed by atoms with van der Waals surface area (Å²) in [4.78, 5) is 23.8. The summed E-state index contributed by atoms with van der Waals surface area (Å²) in [6.07, 6.45) is 0.379. The first kappa shape index (κ1) is 20.4. The number of hydrogen-bond donors (Lipinski definition) is 3. The first-order valence-electron chi connectivity index (χ1n) is 7.89. The van der Waals surface area contributed by atoms with Crippen LogP contribution in [0.15, 0.2) is 30.3 Å². The van der Waals surface area contributed by atoms with Crippen LogP contribution >= 0.6 is 34.8 Å². The van der Waals surface area contributed by atoms with E-state index in [0.29, 0.717) is 38.6 Å². The van der Waals surface area contributed by atoms with Gasteiger partial charge in [-0.25, -0.2) is 0 Å². The molecule has 0 radical (unpaired) electrons. The smallest absolute Gasteiger partial charge is 0.243 e. The van der Waals surface area contributed by atoms with Crippen LogP contribution in [0.5, 0.6) is 0 Å². The Balaban J connectivity index is 2.03. The normalized spacial score (nSPS) is 10.3. The molecule has 26 heavy (non-hydrogen) atoms. The SMILES string of the molecule is CCC(=O)Nc1cccc(NC(=O)CNc2cc(Cl)c(Cl)cc2Cl)c1C. The van der Waals surface area contributed by atoms with Crippen molar-refractivity contribution >= 4 is 63.7 Å². The van der Waals surface area contributed by atoms with Crippen LogP contribution in [-0.4, -0.2) is 18.4 Å². The van der Waals surface area contributed by atoms with Crippen molar-refractivity contribution in [2.75, 3.05) is 22.5 Å². The number of benzene rings is 2. The van der Waals surface area contributed by atoms with Gasteiger partial charge in [-0.2, -0.15) is 0 Å². The monoisotopic (exact) mass is 413 g/mol. The van der Waals surface area contributed by atoms with Crippen LogP contribution in [0, 0.1) is 6.92 Å². The molecule has 0 aromatic heterocycles. The van der Waals surface area contributed by atoms with Crippen molar-refractivity contribution < 1.29 is 9.59 Å². The van der Waals surface area contributed by atoms with Crippen molar-refractivity contribution in [1.82, 2.24) is 0 Å². The lowest BCUT2D eigenvalue weighted by Crippen LogP contribution is -2.22. The Kier molecular flexibility index (Phi) is 7.14. The lowest BCUT2D eigenvalue weighted by molar-refractivity contribution is -0.116. The van der Waals surface area contributed by atoms with Crippen molar-refractivity contribution in [2.24, 2.45) is 0 Å². The number of anilines is 3. The molecule has 0 unspecified atom stereocenters. The van der Waals surface area contributed by atoms with Crippen molar-refractivity contribution in [3.8, 4) is 0 Å². The fourth-order valence-electron chi connectivity index (χ4n) is 2.17. The van der Waals surface area contributed by atoms with Gasteiger partial charge in [0.2, 0.25) is 11.8 Å². The second-order valence-corrected chi connectivity index (χ2v) is 6.75. The number of hydrogen-bond acceptors (Lipinski definition) is 3. The van der Waals surface area contributed by atoms with E-state index in [4.69, 9.17) is 34.8 Å². The van der Waals surface area contributed by atoms with Crippen molar-refractivity contribution in [3.63, 3.8) is 0 Å². The maximum Gasteiger partial charge on any atom is 0.243 e. The topological polar surface area (TPSA) is 70.2 Å². The van der Waals surface area contributed by atoms with Crippen molar-refractivity contribution in [2.45, 2.75) is 20.3 Å². The van der Waals surface area contributed by atoms with Crippen LogP contribution in [0.2, 0.25) is 15.1 Å². The standard InChI is InChI=1S/C18H18Cl3N3O2/c1-3-17(25)23-14-5-4-6-15(10(14)2)24-18(26)9-22-16-8-12(20)11(19)7-13(16)21/h4-8,22H,3,9H2,1-2H3,(H,23,25)(H,24,26). The summed E-state index contributed by atoms with van der Waals surface area (Å²) in [6, 6.07) is 8.38.